The number of nitrogens with zero attached hydrogens (tertiary/aromatic N) is 2. The highest BCUT2D eigenvalue weighted by atomic mass is 79.9. The van der Waals surface area contributed by atoms with Gasteiger partial charge in [0.2, 0.25) is 0 Å². The Morgan fingerprint density at radius 3 is 2.75 bits per heavy atom. The van der Waals surface area contributed by atoms with E-state index < -0.39 is 0 Å². The lowest BCUT2D eigenvalue weighted by Crippen LogP contribution is -1.87. The Morgan fingerprint density at radius 2 is 1.94 bits per heavy atom. The van der Waals surface area contributed by atoms with E-state index in [1.54, 1.807) is 0 Å². The number of aromatic nitrogens is 3. The number of aromatic amines is 1. The van der Waals surface area contributed by atoms with Crippen LogP contribution >= 0.6 is 15.9 Å². The molecule has 16 heavy (non-hydrogen) atoms. The largest absolute Gasteiger partial charge is 0.361 e. The zero-order valence-electron chi connectivity index (χ0n) is 8.31. The highest BCUT2D eigenvalue weighted by Crippen LogP contribution is 2.22. The minimum absolute atomic E-state index is 0.749. The summed E-state index contributed by atoms with van der Waals surface area (Å²) in [6, 6.07) is 12.1. The number of nitrogens with one attached hydrogen (secondary N) is 1. The predicted octanol–water partition coefficient (Wildman–Crippen LogP) is 3.39. The van der Waals surface area contributed by atoms with Crippen molar-refractivity contribution in [3.05, 3.63) is 47.2 Å². The Morgan fingerprint density at radius 1 is 1.00 bits per heavy atom. The van der Waals surface area contributed by atoms with E-state index in [0.717, 1.165) is 21.4 Å². The van der Waals surface area contributed by atoms with Gasteiger partial charge in [-0.1, -0.05) is 6.07 Å². The van der Waals surface area contributed by atoms with Crippen molar-refractivity contribution in [3.63, 3.8) is 0 Å². The third-order valence-corrected chi connectivity index (χ3v) is 2.90. The van der Waals surface area contributed by atoms with Crippen LogP contribution in [0.15, 0.2) is 47.2 Å². The van der Waals surface area contributed by atoms with E-state index in [1.807, 2.05) is 36.5 Å². The summed E-state index contributed by atoms with van der Waals surface area (Å²) in [5, 5.41) is 9.30. The molecule has 2 aromatic heterocycles. The number of hydrogen-bond donors (Lipinski definition) is 1. The summed E-state index contributed by atoms with van der Waals surface area (Å²) in [4.78, 5) is 3.16. The van der Waals surface area contributed by atoms with E-state index in [2.05, 4.69) is 37.2 Å². The fourth-order valence-electron chi connectivity index (χ4n) is 1.68. The summed E-state index contributed by atoms with van der Waals surface area (Å²) < 4.78 is 0.749. The molecule has 0 aliphatic heterocycles. The zero-order chi connectivity index (χ0) is 11.0. The van der Waals surface area contributed by atoms with Crippen LogP contribution in [0.4, 0.5) is 0 Å². The zero-order valence-corrected chi connectivity index (χ0v) is 9.90. The van der Waals surface area contributed by atoms with E-state index in [1.165, 1.54) is 5.39 Å². The maximum atomic E-state index is 4.13. The summed E-state index contributed by atoms with van der Waals surface area (Å²) in [6.45, 7) is 0. The molecule has 4 heteroatoms. The standard InChI is InChI=1S/C12H8BrN3/c13-12-4-3-11(15-16-12)8-1-2-10-9(7-8)5-6-14-10/h1-7,14H. The first-order chi connectivity index (χ1) is 7.83. The molecule has 0 aliphatic rings. The molecule has 0 aliphatic carbocycles. The average molecular weight is 274 g/mol. The van der Waals surface area contributed by atoms with E-state index in [9.17, 15) is 0 Å². The minimum atomic E-state index is 0.749. The SMILES string of the molecule is Brc1ccc(-c2ccc3[nH]ccc3c2)nn1. The van der Waals surface area contributed by atoms with Crippen molar-refractivity contribution in [2.45, 2.75) is 0 Å². The molecule has 0 radical (unpaired) electrons. The number of benzene rings is 1. The summed E-state index contributed by atoms with van der Waals surface area (Å²) >= 11 is 3.27. The maximum absolute atomic E-state index is 4.13. The van der Waals surface area contributed by atoms with Gasteiger partial charge in [-0.3, -0.25) is 0 Å². The van der Waals surface area contributed by atoms with Crippen LogP contribution in [0, 0.1) is 0 Å². The Kier molecular flexibility index (Phi) is 2.22. The van der Waals surface area contributed by atoms with Gasteiger partial charge in [-0.2, -0.15) is 0 Å². The fourth-order valence-corrected chi connectivity index (χ4v) is 1.89. The van der Waals surface area contributed by atoms with Crippen molar-refractivity contribution in [2.24, 2.45) is 0 Å². The molecular weight excluding hydrogens is 266 g/mol. The van der Waals surface area contributed by atoms with Crippen molar-refractivity contribution in [1.82, 2.24) is 15.2 Å². The van der Waals surface area contributed by atoms with Crippen LogP contribution in [0.3, 0.4) is 0 Å². The third-order valence-electron chi connectivity index (χ3n) is 2.48. The number of fused-ring (bicyclic) bond motifs is 1. The Hall–Kier alpha value is -1.68. The molecule has 0 fully saturated rings. The Bertz CT molecular complexity index is 628. The van der Waals surface area contributed by atoms with Crippen LogP contribution in [0.1, 0.15) is 0 Å². The molecular formula is C12H8BrN3. The molecule has 0 spiro atoms. The number of halogens is 1. The molecule has 1 N–H and O–H groups in total. The van der Waals surface area contributed by atoms with Crippen molar-refractivity contribution in [2.75, 3.05) is 0 Å². The van der Waals surface area contributed by atoms with Gasteiger partial charge in [0.1, 0.15) is 4.60 Å². The maximum Gasteiger partial charge on any atom is 0.128 e. The van der Waals surface area contributed by atoms with Crippen molar-refractivity contribution in [3.8, 4) is 11.3 Å². The van der Waals surface area contributed by atoms with Crippen LogP contribution in [0.2, 0.25) is 0 Å². The molecule has 1 aromatic carbocycles. The first-order valence-electron chi connectivity index (χ1n) is 4.90. The van der Waals surface area contributed by atoms with Crippen LogP contribution in [0.25, 0.3) is 22.2 Å². The predicted molar refractivity (Wildman–Crippen MR) is 67.0 cm³/mol. The second-order valence-corrected chi connectivity index (χ2v) is 4.33. The van der Waals surface area contributed by atoms with Crippen molar-refractivity contribution < 1.29 is 0 Å². The van der Waals surface area contributed by atoms with Gasteiger partial charge in [-0.25, -0.2) is 0 Å². The molecule has 0 bridgehead atoms. The molecule has 2 heterocycles. The van der Waals surface area contributed by atoms with Gasteiger partial charge >= 0.3 is 0 Å². The van der Waals surface area contributed by atoms with Crippen molar-refractivity contribution in [1.29, 1.82) is 0 Å². The first kappa shape index (κ1) is 9.54. The lowest BCUT2D eigenvalue weighted by atomic mass is 10.1. The molecule has 0 saturated heterocycles. The molecule has 0 unspecified atom stereocenters. The highest BCUT2D eigenvalue weighted by Gasteiger charge is 2.02. The second kappa shape index (κ2) is 3.72. The van der Waals surface area contributed by atoms with Gasteiger partial charge in [-0.15, -0.1) is 10.2 Å². The summed E-state index contributed by atoms with van der Waals surface area (Å²) in [5.74, 6) is 0. The quantitative estimate of drug-likeness (QED) is 0.739. The monoisotopic (exact) mass is 273 g/mol. The molecule has 3 rings (SSSR count). The van der Waals surface area contributed by atoms with Gasteiger partial charge in [0.25, 0.3) is 0 Å². The van der Waals surface area contributed by atoms with Crippen molar-refractivity contribution >= 4 is 26.8 Å². The van der Waals surface area contributed by atoms with E-state index in [0.29, 0.717) is 0 Å². The topological polar surface area (TPSA) is 41.6 Å². The number of rotatable bonds is 1. The van der Waals surface area contributed by atoms with Gasteiger partial charge in [0.05, 0.1) is 5.69 Å². The van der Waals surface area contributed by atoms with Crippen LogP contribution < -0.4 is 0 Å². The van der Waals surface area contributed by atoms with E-state index in [-0.39, 0.29) is 0 Å². The minimum Gasteiger partial charge on any atom is -0.361 e. The lowest BCUT2D eigenvalue weighted by Gasteiger charge is -2.00. The smallest absolute Gasteiger partial charge is 0.128 e. The van der Waals surface area contributed by atoms with Crippen LogP contribution in [-0.2, 0) is 0 Å². The summed E-state index contributed by atoms with van der Waals surface area (Å²) in [5.41, 5.74) is 3.09. The molecule has 3 nitrogen and oxygen atoms in total. The van der Waals surface area contributed by atoms with Crippen LogP contribution in [0.5, 0.6) is 0 Å². The van der Waals surface area contributed by atoms with Gasteiger partial charge < -0.3 is 4.98 Å². The van der Waals surface area contributed by atoms with Gasteiger partial charge in [0.15, 0.2) is 0 Å². The average Bonchev–Trinajstić information content (AvgIpc) is 2.77. The summed E-state index contributed by atoms with van der Waals surface area (Å²) in [6.07, 6.45) is 1.93. The van der Waals surface area contributed by atoms with Gasteiger partial charge in [-0.05, 0) is 46.3 Å². The molecule has 3 aromatic rings. The molecule has 0 atom stereocenters. The third kappa shape index (κ3) is 1.61. The molecule has 0 amide bonds. The molecule has 78 valence electrons. The Labute approximate surface area is 101 Å². The lowest BCUT2D eigenvalue weighted by molar-refractivity contribution is 1.01. The summed E-state index contributed by atoms with van der Waals surface area (Å²) in [7, 11) is 0. The fraction of sp³-hybridized carbons (Fsp3) is 0. The van der Waals surface area contributed by atoms with E-state index in [4.69, 9.17) is 0 Å². The second-order valence-electron chi connectivity index (χ2n) is 3.52. The van der Waals surface area contributed by atoms with Gasteiger partial charge in [0, 0.05) is 22.7 Å². The molecule has 0 saturated carbocycles. The Balaban J connectivity index is 2.14. The number of H-pyrrole nitrogens is 1. The normalized spacial score (nSPS) is 10.8. The van der Waals surface area contributed by atoms with E-state index >= 15 is 0 Å². The van der Waals surface area contributed by atoms with Crippen LogP contribution in [-0.4, -0.2) is 15.2 Å². The number of hydrogen-bond acceptors (Lipinski definition) is 2. The highest BCUT2D eigenvalue weighted by molar-refractivity contribution is 9.10. The first-order valence-corrected chi connectivity index (χ1v) is 5.69.